The lowest BCUT2D eigenvalue weighted by Crippen LogP contribution is -2.30. The molecule has 0 aliphatic carbocycles. The summed E-state index contributed by atoms with van der Waals surface area (Å²) in [4.78, 5) is 10.00. The molecule has 3 aromatic rings. The molecule has 1 aliphatic heterocycles. The van der Waals surface area contributed by atoms with Gasteiger partial charge in [-0.15, -0.1) is 0 Å². The molecule has 132 valence electrons. The fourth-order valence-electron chi connectivity index (χ4n) is 2.82. The number of aromatic nitrogens is 3. The van der Waals surface area contributed by atoms with E-state index in [1.165, 1.54) is 23.0 Å². The van der Waals surface area contributed by atoms with Crippen molar-refractivity contribution < 1.29 is 4.84 Å². The van der Waals surface area contributed by atoms with E-state index in [4.69, 9.17) is 4.84 Å². The Bertz CT molecular complexity index is 925. The van der Waals surface area contributed by atoms with E-state index < -0.39 is 0 Å². The molecule has 2 aromatic carbocycles. The summed E-state index contributed by atoms with van der Waals surface area (Å²) in [5, 5.41) is 9.50. The molecule has 0 bridgehead atoms. The molecule has 0 amide bonds. The van der Waals surface area contributed by atoms with Crippen molar-refractivity contribution in [3.63, 3.8) is 0 Å². The van der Waals surface area contributed by atoms with Crippen LogP contribution in [-0.2, 0) is 4.84 Å². The summed E-state index contributed by atoms with van der Waals surface area (Å²) < 4.78 is 0. The van der Waals surface area contributed by atoms with Crippen LogP contribution in [0.25, 0.3) is 5.76 Å². The van der Waals surface area contributed by atoms with Gasteiger partial charge in [0, 0.05) is 5.56 Å². The van der Waals surface area contributed by atoms with Crippen LogP contribution in [0.1, 0.15) is 27.6 Å². The number of thioether (sulfide) groups is 1. The smallest absolute Gasteiger partial charge is 0.185 e. The average Bonchev–Trinajstić information content (AvgIpc) is 3.32. The summed E-state index contributed by atoms with van der Waals surface area (Å²) in [6.07, 6.45) is 3.49. The van der Waals surface area contributed by atoms with Crippen LogP contribution in [0.2, 0.25) is 0 Å². The van der Waals surface area contributed by atoms with Crippen molar-refractivity contribution in [1.29, 1.82) is 0 Å². The van der Waals surface area contributed by atoms with Gasteiger partial charge in [0.05, 0.1) is 6.20 Å². The summed E-state index contributed by atoms with van der Waals surface area (Å²) in [7, 11) is 0. The maximum Gasteiger partial charge on any atom is 0.185 e. The van der Waals surface area contributed by atoms with Crippen molar-refractivity contribution in [2.75, 3.05) is 0 Å². The maximum atomic E-state index is 5.75. The summed E-state index contributed by atoms with van der Waals surface area (Å²) >= 11 is 1.57. The lowest BCUT2D eigenvalue weighted by atomic mass is 10.1. The van der Waals surface area contributed by atoms with E-state index in [2.05, 4.69) is 58.9 Å². The summed E-state index contributed by atoms with van der Waals surface area (Å²) in [5.74, 6) is 0.783. The predicted molar refractivity (Wildman–Crippen MR) is 101 cm³/mol. The number of nitrogens with one attached hydrogen (secondary N) is 2. The molecule has 0 fully saturated rings. The van der Waals surface area contributed by atoms with Gasteiger partial charge in [-0.3, -0.25) is 10.1 Å². The lowest BCUT2D eigenvalue weighted by Gasteiger charge is -2.26. The quantitative estimate of drug-likeness (QED) is 0.667. The molecule has 0 radical (unpaired) electrons. The molecule has 6 nitrogen and oxygen atoms in total. The van der Waals surface area contributed by atoms with Gasteiger partial charge in [0.2, 0.25) is 0 Å². The molecule has 1 atom stereocenters. The Labute approximate surface area is 156 Å². The molecule has 2 N–H and O–H groups in total. The van der Waals surface area contributed by atoms with E-state index in [0.29, 0.717) is 0 Å². The Balaban J connectivity index is 1.67. The van der Waals surface area contributed by atoms with Gasteiger partial charge < -0.3 is 4.84 Å². The minimum Gasteiger partial charge on any atom is -0.387 e. The van der Waals surface area contributed by atoms with Gasteiger partial charge in [-0.25, -0.2) is 4.98 Å². The van der Waals surface area contributed by atoms with Crippen LogP contribution in [-0.4, -0.2) is 20.2 Å². The second-order valence-corrected chi connectivity index (χ2v) is 7.15. The molecule has 0 saturated carbocycles. The zero-order valence-electron chi connectivity index (χ0n) is 14.5. The highest BCUT2D eigenvalue weighted by molar-refractivity contribution is 7.99. The normalized spacial score (nSPS) is 14.8. The van der Waals surface area contributed by atoms with Gasteiger partial charge in [-0.05, 0) is 31.0 Å². The first-order valence-corrected chi connectivity index (χ1v) is 9.16. The third-order valence-electron chi connectivity index (χ3n) is 4.14. The fraction of sp³-hybridized carbons (Fsp3) is 0.158. The molecule has 2 heterocycles. The monoisotopic (exact) mass is 365 g/mol. The maximum absolute atomic E-state index is 5.75. The van der Waals surface area contributed by atoms with Crippen molar-refractivity contribution in [2.24, 2.45) is 0 Å². The molecule has 4 rings (SSSR count). The zero-order valence-corrected chi connectivity index (χ0v) is 15.3. The molecule has 26 heavy (non-hydrogen) atoms. The minimum atomic E-state index is -0.0635. The summed E-state index contributed by atoms with van der Waals surface area (Å²) in [6, 6.07) is 16.5. The van der Waals surface area contributed by atoms with Crippen LogP contribution in [0.15, 0.2) is 66.2 Å². The Kier molecular flexibility index (Phi) is 4.64. The molecular formula is C19H19N5OS. The first-order chi connectivity index (χ1) is 12.7. The van der Waals surface area contributed by atoms with Gasteiger partial charge >= 0.3 is 0 Å². The summed E-state index contributed by atoms with van der Waals surface area (Å²) in [6.45, 7) is 4.17. The van der Waals surface area contributed by atoms with Crippen molar-refractivity contribution in [3.05, 3.63) is 83.3 Å². The summed E-state index contributed by atoms with van der Waals surface area (Å²) in [5.41, 5.74) is 7.62. The average molecular weight is 365 g/mol. The number of hydrogen-bond donors (Lipinski definition) is 2. The van der Waals surface area contributed by atoms with Crippen LogP contribution >= 0.6 is 11.8 Å². The number of hydrazine groups is 1. The third kappa shape index (κ3) is 3.44. The van der Waals surface area contributed by atoms with Gasteiger partial charge in [0.1, 0.15) is 11.7 Å². The Hall–Kier alpha value is -2.77. The first-order valence-electron chi connectivity index (χ1n) is 8.28. The fourth-order valence-corrected chi connectivity index (χ4v) is 3.85. The minimum absolute atomic E-state index is 0.0635. The molecule has 0 saturated heterocycles. The van der Waals surface area contributed by atoms with Crippen LogP contribution in [0.5, 0.6) is 0 Å². The predicted octanol–water partition coefficient (Wildman–Crippen LogP) is 3.96. The number of hydrogen-bond acceptors (Lipinski definition) is 6. The van der Waals surface area contributed by atoms with Crippen molar-refractivity contribution >= 4 is 17.5 Å². The standard InChI is InChI=1S/C19H19N5OS/c1-13-6-5-8-15(10-13)17-11-24(23-25-17)18(26-19-20-12-21-22-19)16-9-4-3-7-14(16)2/h3-12,18,23H,1-2H3,(H,20,21,22). The largest absolute Gasteiger partial charge is 0.387 e. The molecule has 7 heteroatoms. The van der Waals surface area contributed by atoms with Gasteiger partial charge in [0.25, 0.3) is 0 Å². The Morgan fingerprint density at radius 3 is 2.77 bits per heavy atom. The Morgan fingerprint density at radius 2 is 2.00 bits per heavy atom. The van der Waals surface area contributed by atoms with E-state index in [-0.39, 0.29) is 5.37 Å². The van der Waals surface area contributed by atoms with E-state index in [9.17, 15) is 0 Å². The number of H-pyrrole nitrogens is 1. The van der Waals surface area contributed by atoms with E-state index >= 15 is 0 Å². The number of aryl methyl sites for hydroxylation is 2. The second-order valence-electron chi connectivity index (χ2n) is 6.08. The second kappa shape index (κ2) is 7.23. The number of rotatable bonds is 5. The zero-order chi connectivity index (χ0) is 17.9. The van der Waals surface area contributed by atoms with Crippen molar-refractivity contribution in [1.82, 2.24) is 25.8 Å². The third-order valence-corrected chi connectivity index (χ3v) is 5.27. The van der Waals surface area contributed by atoms with Crippen LogP contribution in [0.3, 0.4) is 0 Å². The van der Waals surface area contributed by atoms with Gasteiger partial charge in [0.15, 0.2) is 10.9 Å². The van der Waals surface area contributed by atoms with Crippen molar-refractivity contribution in [2.45, 2.75) is 24.4 Å². The SMILES string of the molecule is Cc1cccc(C2=CN(C(Sc3ncn[nH]3)c3ccccc3C)NO2)c1. The topological polar surface area (TPSA) is 66.1 Å². The molecular weight excluding hydrogens is 346 g/mol. The van der Waals surface area contributed by atoms with E-state index in [0.717, 1.165) is 16.5 Å². The van der Waals surface area contributed by atoms with Crippen LogP contribution in [0.4, 0.5) is 0 Å². The highest BCUT2D eigenvalue weighted by Crippen LogP contribution is 2.39. The number of benzene rings is 2. The highest BCUT2D eigenvalue weighted by atomic mass is 32.2. The van der Waals surface area contributed by atoms with Gasteiger partial charge in [-0.1, -0.05) is 65.4 Å². The number of aromatic amines is 1. The number of nitrogens with zero attached hydrogens (tertiary/aromatic N) is 3. The molecule has 1 aromatic heterocycles. The molecule has 0 spiro atoms. The van der Waals surface area contributed by atoms with Crippen molar-refractivity contribution in [3.8, 4) is 0 Å². The van der Waals surface area contributed by atoms with Gasteiger partial charge in [-0.2, -0.15) is 5.10 Å². The molecule has 1 unspecified atom stereocenters. The van der Waals surface area contributed by atoms with Crippen LogP contribution < -0.4 is 5.59 Å². The van der Waals surface area contributed by atoms with E-state index in [1.807, 2.05) is 35.5 Å². The highest BCUT2D eigenvalue weighted by Gasteiger charge is 2.27. The van der Waals surface area contributed by atoms with Crippen LogP contribution in [0, 0.1) is 13.8 Å². The van der Waals surface area contributed by atoms with E-state index in [1.54, 1.807) is 11.8 Å². The Morgan fingerprint density at radius 1 is 1.12 bits per heavy atom. The molecule has 1 aliphatic rings. The lowest BCUT2D eigenvalue weighted by molar-refractivity contribution is 0.0399. The first kappa shape index (κ1) is 16.7.